The zero-order valence-corrected chi connectivity index (χ0v) is 16.9. The van der Waals surface area contributed by atoms with E-state index in [1.807, 2.05) is 30.3 Å². The van der Waals surface area contributed by atoms with Crippen molar-refractivity contribution in [3.05, 3.63) is 70.1 Å². The van der Waals surface area contributed by atoms with Crippen LogP contribution in [-0.4, -0.2) is 25.0 Å². The molecule has 0 amide bonds. The SMILES string of the molecule is CCCS(=O)(=O)O/N=C(/C)c1c(-c2ccccc2)c2ccc(CO)cc2oc1=O. The molecule has 8 heteroatoms. The van der Waals surface area contributed by atoms with Gasteiger partial charge in [0.25, 0.3) is 0 Å². The molecule has 0 spiro atoms. The van der Waals surface area contributed by atoms with Gasteiger partial charge in [0.2, 0.25) is 0 Å². The van der Waals surface area contributed by atoms with Crippen molar-refractivity contribution in [1.29, 1.82) is 0 Å². The molecule has 1 heterocycles. The maximum atomic E-state index is 12.8. The number of aliphatic hydroxyl groups excluding tert-OH is 1. The van der Waals surface area contributed by atoms with E-state index in [4.69, 9.17) is 8.70 Å². The summed E-state index contributed by atoms with van der Waals surface area (Å²) in [7, 11) is -3.82. The molecule has 2 aromatic carbocycles. The summed E-state index contributed by atoms with van der Waals surface area (Å²) in [5.74, 6) is -0.175. The molecule has 0 saturated heterocycles. The Morgan fingerprint density at radius 3 is 2.55 bits per heavy atom. The summed E-state index contributed by atoms with van der Waals surface area (Å²) in [6, 6.07) is 14.3. The molecule has 3 aromatic rings. The highest BCUT2D eigenvalue weighted by Gasteiger charge is 2.20. The van der Waals surface area contributed by atoms with Crippen LogP contribution in [0.2, 0.25) is 0 Å². The third-order valence-corrected chi connectivity index (χ3v) is 5.53. The Labute approximate surface area is 168 Å². The van der Waals surface area contributed by atoms with Gasteiger partial charge in [-0.1, -0.05) is 54.5 Å². The number of rotatable bonds is 7. The van der Waals surface area contributed by atoms with Crippen LogP contribution in [0.5, 0.6) is 0 Å². The predicted octanol–water partition coefficient (Wildman–Crippen LogP) is 3.43. The highest BCUT2D eigenvalue weighted by atomic mass is 32.2. The molecule has 0 atom stereocenters. The van der Waals surface area contributed by atoms with Crippen LogP contribution in [0.3, 0.4) is 0 Å². The van der Waals surface area contributed by atoms with Gasteiger partial charge in [0.15, 0.2) is 0 Å². The van der Waals surface area contributed by atoms with Crippen LogP contribution in [0.25, 0.3) is 22.1 Å². The number of aliphatic hydroxyl groups is 1. The monoisotopic (exact) mass is 415 g/mol. The van der Waals surface area contributed by atoms with Gasteiger partial charge >= 0.3 is 15.7 Å². The maximum Gasteiger partial charge on any atom is 0.346 e. The van der Waals surface area contributed by atoms with Gasteiger partial charge in [0, 0.05) is 10.9 Å². The van der Waals surface area contributed by atoms with Crippen LogP contribution < -0.4 is 5.63 Å². The van der Waals surface area contributed by atoms with Gasteiger partial charge in [-0.25, -0.2) is 4.79 Å². The topological polar surface area (TPSA) is 106 Å². The van der Waals surface area contributed by atoms with E-state index in [0.29, 0.717) is 28.5 Å². The first kappa shape index (κ1) is 20.8. The molecule has 1 N–H and O–H groups in total. The minimum Gasteiger partial charge on any atom is -0.422 e. The first-order valence-corrected chi connectivity index (χ1v) is 10.7. The molecule has 0 aliphatic carbocycles. The van der Waals surface area contributed by atoms with E-state index in [0.717, 1.165) is 5.56 Å². The van der Waals surface area contributed by atoms with Gasteiger partial charge in [-0.2, -0.15) is 8.42 Å². The number of fused-ring (bicyclic) bond motifs is 1. The van der Waals surface area contributed by atoms with Crippen molar-refractivity contribution < 1.29 is 22.2 Å². The lowest BCUT2D eigenvalue weighted by atomic mass is 9.94. The molecule has 29 heavy (non-hydrogen) atoms. The number of nitrogens with zero attached hydrogens (tertiary/aromatic N) is 1. The number of oxime groups is 1. The summed E-state index contributed by atoms with van der Waals surface area (Å²) in [6.07, 6.45) is 0.386. The lowest BCUT2D eigenvalue weighted by molar-refractivity contribution is 0.282. The molecule has 0 unspecified atom stereocenters. The number of hydrogen-bond donors (Lipinski definition) is 1. The van der Waals surface area contributed by atoms with Crippen LogP contribution >= 0.6 is 0 Å². The minimum atomic E-state index is -3.82. The van der Waals surface area contributed by atoms with E-state index >= 15 is 0 Å². The van der Waals surface area contributed by atoms with Gasteiger partial charge in [0.1, 0.15) is 5.58 Å². The summed E-state index contributed by atoms with van der Waals surface area (Å²) < 4.78 is 33.8. The average molecular weight is 415 g/mol. The smallest absolute Gasteiger partial charge is 0.346 e. The summed E-state index contributed by atoms with van der Waals surface area (Å²) >= 11 is 0. The molecular formula is C21H21NO6S. The van der Waals surface area contributed by atoms with Crippen LogP contribution in [-0.2, 0) is 21.0 Å². The Balaban J connectivity index is 2.26. The van der Waals surface area contributed by atoms with E-state index in [1.165, 1.54) is 6.92 Å². The van der Waals surface area contributed by atoms with Gasteiger partial charge in [-0.15, -0.1) is 0 Å². The quantitative estimate of drug-likeness (QED) is 0.360. The van der Waals surface area contributed by atoms with Crippen molar-refractivity contribution in [3.8, 4) is 11.1 Å². The third-order valence-electron chi connectivity index (χ3n) is 4.32. The maximum absolute atomic E-state index is 12.8. The molecule has 0 fully saturated rings. The van der Waals surface area contributed by atoms with Crippen LogP contribution in [0, 0.1) is 0 Å². The van der Waals surface area contributed by atoms with Crippen molar-refractivity contribution in [2.75, 3.05) is 5.75 Å². The molecule has 0 radical (unpaired) electrons. The normalized spacial score (nSPS) is 12.3. The lowest BCUT2D eigenvalue weighted by Crippen LogP contribution is -2.16. The summed E-state index contributed by atoms with van der Waals surface area (Å²) in [4.78, 5) is 12.8. The molecule has 0 aliphatic rings. The Morgan fingerprint density at radius 1 is 1.17 bits per heavy atom. The van der Waals surface area contributed by atoms with E-state index < -0.39 is 15.7 Å². The molecule has 7 nitrogen and oxygen atoms in total. The van der Waals surface area contributed by atoms with Crippen LogP contribution in [0.4, 0.5) is 0 Å². The predicted molar refractivity (Wildman–Crippen MR) is 111 cm³/mol. The highest BCUT2D eigenvalue weighted by Crippen LogP contribution is 2.31. The Hall–Kier alpha value is -2.97. The molecule has 1 aromatic heterocycles. The Morgan fingerprint density at radius 2 is 1.90 bits per heavy atom. The minimum absolute atomic E-state index is 0.0883. The van der Waals surface area contributed by atoms with Gasteiger partial charge < -0.3 is 9.52 Å². The van der Waals surface area contributed by atoms with Crippen molar-refractivity contribution in [1.82, 2.24) is 0 Å². The van der Waals surface area contributed by atoms with Crippen molar-refractivity contribution >= 4 is 26.8 Å². The molecule has 152 valence electrons. The second-order valence-corrected chi connectivity index (χ2v) is 8.18. The fourth-order valence-corrected chi connectivity index (χ4v) is 3.82. The second-order valence-electron chi connectivity index (χ2n) is 6.51. The van der Waals surface area contributed by atoms with E-state index in [-0.39, 0.29) is 23.6 Å². The van der Waals surface area contributed by atoms with E-state index in [2.05, 4.69) is 5.16 Å². The number of hydrogen-bond acceptors (Lipinski definition) is 7. The molecular weight excluding hydrogens is 394 g/mol. The molecule has 0 saturated carbocycles. The Kier molecular flexibility index (Phi) is 6.14. The Bertz CT molecular complexity index is 1210. The average Bonchev–Trinajstić information content (AvgIpc) is 2.71. The molecule has 0 aliphatic heterocycles. The second kappa shape index (κ2) is 8.59. The largest absolute Gasteiger partial charge is 0.422 e. The number of benzene rings is 2. The summed E-state index contributed by atoms with van der Waals surface area (Å²) in [5.41, 5.74) is 1.74. The van der Waals surface area contributed by atoms with Crippen molar-refractivity contribution in [3.63, 3.8) is 0 Å². The van der Waals surface area contributed by atoms with E-state index in [1.54, 1.807) is 25.1 Å². The zero-order valence-electron chi connectivity index (χ0n) is 16.1. The molecule has 3 rings (SSSR count). The fourth-order valence-electron chi connectivity index (χ4n) is 3.02. The highest BCUT2D eigenvalue weighted by molar-refractivity contribution is 7.86. The van der Waals surface area contributed by atoms with Crippen molar-refractivity contribution in [2.24, 2.45) is 5.16 Å². The summed E-state index contributed by atoms with van der Waals surface area (Å²) in [6.45, 7) is 3.02. The summed E-state index contributed by atoms with van der Waals surface area (Å²) in [5, 5.41) is 13.7. The van der Waals surface area contributed by atoms with Gasteiger partial charge in [0.05, 0.1) is 23.6 Å². The van der Waals surface area contributed by atoms with Crippen LogP contribution in [0.1, 0.15) is 31.4 Å². The standard InChI is InChI=1S/C21H21NO6S/c1-3-11-29(25,26)28-22-14(2)19-20(16-7-5-4-6-8-16)17-10-9-15(13-23)12-18(17)27-21(19)24/h4-10,12,23H,3,11,13H2,1-2H3/b22-14-. The van der Waals surface area contributed by atoms with Crippen molar-refractivity contribution in [2.45, 2.75) is 26.9 Å². The first-order chi connectivity index (χ1) is 13.9. The molecule has 0 bridgehead atoms. The van der Waals surface area contributed by atoms with E-state index in [9.17, 15) is 18.3 Å². The van der Waals surface area contributed by atoms with Gasteiger partial charge in [-0.3, -0.25) is 4.28 Å². The zero-order chi connectivity index (χ0) is 21.0. The van der Waals surface area contributed by atoms with Crippen LogP contribution in [0.15, 0.2) is 62.9 Å². The lowest BCUT2D eigenvalue weighted by Gasteiger charge is -2.12. The van der Waals surface area contributed by atoms with Gasteiger partial charge in [-0.05, 0) is 30.5 Å². The first-order valence-electron chi connectivity index (χ1n) is 9.08. The fraction of sp³-hybridized carbons (Fsp3) is 0.238. The third kappa shape index (κ3) is 4.55.